The van der Waals surface area contributed by atoms with Gasteiger partial charge < -0.3 is 14.8 Å². The van der Waals surface area contributed by atoms with Crippen molar-refractivity contribution in [1.29, 1.82) is 0 Å². The number of fused-ring (bicyclic) bond motifs is 1. The fraction of sp³-hybridized carbons (Fsp3) is 0.385. The number of benzene rings is 1. The predicted molar refractivity (Wildman–Crippen MR) is 130 cm³/mol. The normalized spacial score (nSPS) is 16.7. The van der Waals surface area contributed by atoms with Crippen molar-refractivity contribution >= 4 is 11.8 Å². The van der Waals surface area contributed by atoms with Crippen molar-refractivity contribution in [2.75, 3.05) is 12.4 Å². The van der Waals surface area contributed by atoms with Crippen molar-refractivity contribution in [1.82, 2.24) is 14.5 Å². The molecule has 3 aromatic rings. The first-order valence-electron chi connectivity index (χ1n) is 11.5. The van der Waals surface area contributed by atoms with Crippen molar-refractivity contribution in [3.05, 3.63) is 69.3 Å². The van der Waals surface area contributed by atoms with Gasteiger partial charge in [0.15, 0.2) is 0 Å². The van der Waals surface area contributed by atoms with Gasteiger partial charge in [-0.1, -0.05) is 31.2 Å². The molecule has 0 amide bonds. The minimum absolute atomic E-state index is 0.201. The molecule has 0 saturated heterocycles. The lowest BCUT2D eigenvalue weighted by atomic mass is 10.1. The van der Waals surface area contributed by atoms with Crippen LogP contribution in [0.1, 0.15) is 49.3 Å². The quantitative estimate of drug-likeness (QED) is 0.533. The van der Waals surface area contributed by atoms with Crippen molar-refractivity contribution in [2.24, 2.45) is 0 Å². The summed E-state index contributed by atoms with van der Waals surface area (Å²) in [6.07, 6.45) is 0.867. The van der Waals surface area contributed by atoms with Gasteiger partial charge in [-0.05, 0) is 37.5 Å². The van der Waals surface area contributed by atoms with Crippen molar-refractivity contribution in [2.45, 2.75) is 59.2 Å². The SMILES string of the molecule is CCc1nc(-c2ccc(OC)nc2C)c(=O)n(CC)c1NC1c2ccccc2CC1OC(C)=O. The van der Waals surface area contributed by atoms with Crippen LogP contribution in [0.5, 0.6) is 5.88 Å². The Kier molecular flexibility index (Phi) is 6.68. The average molecular weight is 463 g/mol. The third-order valence-electron chi connectivity index (χ3n) is 6.21. The number of aryl methyl sites for hydroxylation is 2. The maximum Gasteiger partial charge on any atom is 0.302 e. The topological polar surface area (TPSA) is 95.3 Å². The summed E-state index contributed by atoms with van der Waals surface area (Å²) >= 11 is 0. The van der Waals surface area contributed by atoms with Crippen LogP contribution in [0.2, 0.25) is 0 Å². The lowest BCUT2D eigenvalue weighted by Gasteiger charge is -2.26. The van der Waals surface area contributed by atoms with E-state index in [1.807, 2.05) is 51.1 Å². The van der Waals surface area contributed by atoms with E-state index in [9.17, 15) is 9.59 Å². The molecule has 1 N–H and O–H groups in total. The lowest BCUT2D eigenvalue weighted by Crippen LogP contribution is -2.32. The molecule has 8 nitrogen and oxygen atoms in total. The van der Waals surface area contributed by atoms with Crippen LogP contribution in [0.25, 0.3) is 11.3 Å². The maximum atomic E-state index is 13.6. The van der Waals surface area contributed by atoms with Crippen LogP contribution in [0, 0.1) is 6.92 Å². The summed E-state index contributed by atoms with van der Waals surface area (Å²) in [5.74, 6) is 0.809. The van der Waals surface area contributed by atoms with Crippen LogP contribution in [-0.4, -0.2) is 33.7 Å². The Morgan fingerprint density at radius 1 is 1.18 bits per heavy atom. The zero-order chi connectivity index (χ0) is 24.4. The molecular formula is C26H30N4O4. The molecule has 2 heterocycles. The summed E-state index contributed by atoms with van der Waals surface area (Å²) in [7, 11) is 1.56. The highest BCUT2D eigenvalue weighted by atomic mass is 16.5. The Morgan fingerprint density at radius 2 is 1.94 bits per heavy atom. The second-order valence-electron chi connectivity index (χ2n) is 8.32. The number of nitrogens with one attached hydrogen (secondary N) is 1. The number of aromatic nitrogens is 3. The van der Waals surface area contributed by atoms with Gasteiger partial charge in [-0.15, -0.1) is 0 Å². The van der Waals surface area contributed by atoms with E-state index >= 15 is 0 Å². The summed E-state index contributed by atoms with van der Waals surface area (Å²) in [5, 5.41) is 3.53. The zero-order valence-electron chi connectivity index (χ0n) is 20.2. The van der Waals surface area contributed by atoms with Gasteiger partial charge in [0.25, 0.3) is 5.56 Å². The van der Waals surface area contributed by atoms with Crippen LogP contribution in [0.4, 0.5) is 5.82 Å². The fourth-order valence-corrected chi connectivity index (χ4v) is 4.61. The van der Waals surface area contributed by atoms with E-state index < -0.39 is 0 Å². The lowest BCUT2D eigenvalue weighted by molar-refractivity contribution is -0.146. The Balaban J connectivity index is 1.82. The summed E-state index contributed by atoms with van der Waals surface area (Å²) in [6.45, 7) is 7.65. The molecule has 1 aromatic carbocycles. The van der Waals surface area contributed by atoms with E-state index in [0.29, 0.717) is 48.0 Å². The number of pyridine rings is 1. The highest BCUT2D eigenvalue weighted by Crippen LogP contribution is 2.37. The van der Waals surface area contributed by atoms with Gasteiger partial charge in [0.05, 0.1) is 24.5 Å². The first kappa shape index (κ1) is 23.5. The van der Waals surface area contributed by atoms with E-state index in [1.165, 1.54) is 6.92 Å². The standard InChI is InChI=1S/C26H30N4O4/c1-6-20-25(29-23-19-11-9-8-10-17(19)14-21(23)34-16(4)31)30(7-2)26(32)24(28-20)18-12-13-22(33-5)27-15(18)3/h8-13,21,23,29H,6-7,14H2,1-5H3. The number of methoxy groups -OCH3 is 1. The molecule has 2 aromatic heterocycles. The van der Waals surface area contributed by atoms with Crippen molar-refractivity contribution < 1.29 is 14.3 Å². The third-order valence-corrected chi connectivity index (χ3v) is 6.21. The summed E-state index contributed by atoms with van der Waals surface area (Å²) < 4.78 is 12.6. The molecule has 1 aliphatic carbocycles. The highest BCUT2D eigenvalue weighted by Gasteiger charge is 2.36. The van der Waals surface area contributed by atoms with Gasteiger partial charge in [-0.2, -0.15) is 0 Å². The Bertz CT molecular complexity index is 1280. The number of hydrogen-bond acceptors (Lipinski definition) is 7. The first-order chi connectivity index (χ1) is 16.4. The number of carbonyl (C=O) groups excluding carboxylic acids is 1. The van der Waals surface area contributed by atoms with E-state index in [1.54, 1.807) is 17.7 Å². The molecule has 2 unspecified atom stereocenters. The number of ether oxygens (including phenoxy) is 2. The van der Waals surface area contributed by atoms with Crippen LogP contribution >= 0.6 is 0 Å². The minimum Gasteiger partial charge on any atom is -0.481 e. The summed E-state index contributed by atoms with van der Waals surface area (Å²) in [5.41, 5.74) is 4.46. The summed E-state index contributed by atoms with van der Waals surface area (Å²) in [6, 6.07) is 11.3. The molecule has 178 valence electrons. The number of rotatable bonds is 7. The van der Waals surface area contributed by atoms with Crippen LogP contribution in [0.3, 0.4) is 0 Å². The van der Waals surface area contributed by atoms with Gasteiger partial charge >= 0.3 is 5.97 Å². The molecule has 0 saturated carbocycles. The van der Waals surface area contributed by atoms with Gasteiger partial charge in [0.1, 0.15) is 17.6 Å². The van der Waals surface area contributed by atoms with E-state index in [-0.39, 0.29) is 23.7 Å². The summed E-state index contributed by atoms with van der Waals surface area (Å²) in [4.78, 5) is 34.6. The van der Waals surface area contributed by atoms with Gasteiger partial charge in [-0.3, -0.25) is 14.2 Å². The fourth-order valence-electron chi connectivity index (χ4n) is 4.61. The van der Waals surface area contributed by atoms with Gasteiger partial charge in [0, 0.05) is 31.5 Å². The van der Waals surface area contributed by atoms with Crippen LogP contribution < -0.4 is 15.6 Å². The molecule has 0 radical (unpaired) electrons. The number of hydrogen-bond donors (Lipinski definition) is 1. The molecule has 0 fully saturated rings. The Labute approximate surface area is 199 Å². The maximum absolute atomic E-state index is 13.6. The Hall–Kier alpha value is -3.68. The molecule has 34 heavy (non-hydrogen) atoms. The average Bonchev–Trinajstić information content (AvgIpc) is 3.16. The molecular weight excluding hydrogens is 432 g/mol. The van der Waals surface area contributed by atoms with Gasteiger partial charge in [-0.25, -0.2) is 9.97 Å². The second kappa shape index (κ2) is 9.67. The van der Waals surface area contributed by atoms with Crippen LogP contribution in [0.15, 0.2) is 41.2 Å². The largest absolute Gasteiger partial charge is 0.481 e. The second-order valence-corrected chi connectivity index (χ2v) is 8.32. The number of carbonyl (C=O) groups is 1. The van der Waals surface area contributed by atoms with E-state index in [0.717, 1.165) is 16.8 Å². The molecule has 0 bridgehead atoms. The zero-order valence-corrected chi connectivity index (χ0v) is 20.2. The molecule has 2 atom stereocenters. The predicted octanol–water partition coefficient (Wildman–Crippen LogP) is 3.85. The van der Waals surface area contributed by atoms with Crippen LogP contribution in [-0.2, 0) is 28.9 Å². The molecule has 4 rings (SSSR count). The Morgan fingerprint density at radius 3 is 2.59 bits per heavy atom. The van der Waals surface area contributed by atoms with Gasteiger partial charge in [0.2, 0.25) is 5.88 Å². The number of nitrogens with zero attached hydrogens (tertiary/aromatic N) is 3. The monoisotopic (exact) mass is 462 g/mol. The molecule has 0 aliphatic heterocycles. The molecule has 1 aliphatic rings. The molecule has 8 heteroatoms. The minimum atomic E-state index is -0.368. The van der Waals surface area contributed by atoms with E-state index in [4.69, 9.17) is 14.5 Å². The smallest absolute Gasteiger partial charge is 0.302 e. The first-order valence-corrected chi connectivity index (χ1v) is 11.5. The molecule has 0 spiro atoms. The number of anilines is 1. The van der Waals surface area contributed by atoms with E-state index in [2.05, 4.69) is 10.3 Å². The highest BCUT2D eigenvalue weighted by molar-refractivity contribution is 5.67. The van der Waals surface area contributed by atoms with Crippen molar-refractivity contribution in [3.63, 3.8) is 0 Å². The number of esters is 1. The van der Waals surface area contributed by atoms with Crippen molar-refractivity contribution in [3.8, 4) is 17.1 Å². The third kappa shape index (κ3) is 4.27.